The number of rotatable bonds is 8. The second-order valence-electron chi connectivity index (χ2n) is 12.3. The van der Waals surface area contributed by atoms with Gasteiger partial charge in [-0.05, 0) is 61.7 Å². The molecule has 0 aliphatic carbocycles. The topological polar surface area (TPSA) is 74.8 Å². The number of fused-ring (bicyclic) bond motifs is 2. The lowest BCUT2D eigenvalue weighted by molar-refractivity contribution is 0.0526. The van der Waals surface area contributed by atoms with Crippen molar-refractivity contribution in [2.24, 2.45) is 0 Å². The number of hydrogen-bond donors (Lipinski definition) is 0. The maximum Gasteiger partial charge on any atom is 0.261 e. The molecule has 2 heterocycles. The van der Waals surface area contributed by atoms with Crippen LogP contribution in [-0.2, 0) is 0 Å². The Morgan fingerprint density at radius 1 is 0.545 bits per heavy atom. The van der Waals surface area contributed by atoms with Crippen molar-refractivity contribution in [2.45, 2.75) is 78.3 Å². The highest BCUT2D eigenvalue weighted by atomic mass is 19.1. The number of carbonyl (C=O) groups excluding carboxylic acids is 4. The van der Waals surface area contributed by atoms with Crippen molar-refractivity contribution in [1.29, 1.82) is 0 Å². The van der Waals surface area contributed by atoms with E-state index in [9.17, 15) is 19.2 Å². The monoisotopic (exact) mass is 594 g/mol. The fraction of sp³-hybridized carbons (Fsp3) is 0.333. The molecule has 4 amide bonds. The molecule has 2 aliphatic heterocycles. The largest absolute Gasteiger partial charge is 0.272 e. The van der Waals surface area contributed by atoms with E-state index in [0.717, 1.165) is 25.7 Å². The Bertz CT molecular complexity index is 1950. The summed E-state index contributed by atoms with van der Waals surface area (Å²) in [6.07, 6.45) is 4.72. The third-order valence-corrected chi connectivity index (χ3v) is 9.64. The van der Waals surface area contributed by atoms with Crippen LogP contribution in [0, 0.1) is 11.6 Å². The predicted molar refractivity (Wildman–Crippen MR) is 167 cm³/mol. The van der Waals surface area contributed by atoms with Gasteiger partial charge in [-0.2, -0.15) is 0 Å². The number of hydrogen-bond acceptors (Lipinski definition) is 4. The van der Waals surface area contributed by atoms with Gasteiger partial charge in [-0.1, -0.05) is 51.7 Å². The van der Waals surface area contributed by atoms with Gasteiger partial charge >= 0.3 is 0 Å². The molecule has 224 valence electrons. The number of nitrogens with zero attached hydrogens (tertiary/aromatic N) is 2. The van der Waals surface area contributed by atoms with Crippen LogP contribution in [0.3, 0.4) is 0 Å². The van der Waals surface area contributed by atoms with E-state index in [0.29, 0.717) is 34.4 Å². The van der Waals surface area contributed by atoms with Crippen molar-refractivity contribution < 1.29 is 28.0 Å². The molecule has 5 aromatic rings. The smallest absolute Gasteiger partial charge is 0.261 e. The molecule has 8 heteroatoms. The summed E-state index contributed by atoms with van der Waals surface area (Å²) < 4.78 is 32.6. The van der Waals surface area contributed by atoms with Gasteiger partial charge in [-0.25, -0.2) is 8.78 Å². The van der Waals surface area contributed by atoms with Crippen molar-refractivity contribution in [2.75, 3.05) is 0 Å². The van der Waals surface area contributed by atoms with Gasteiger partial charge in [-0.15, -0.1) is 0 Å². The standard InChI is InChI=1S/C36H32F2N2O4/c1-5-7-9-17(3)39-33(41)21-13-11-19-30-26(38)16-24-28-22(34(42)40(36(24)44)18(4)10-8-6-2)14-12-20(32(28)30)29-25(37)15-23(35(39)43)27(21)31(19)29/h11-18H,5-10H2,1-4H3/t17-,18-/m0/s1. The quantitative estimate of drug-likeness (QED) is 0.103. The Hall–Kier alpha value is -4.46. The van der Waals surface area contributed by atoms with Crippen LogP contribution in [0.25, 0.3) is 43.1 Å². The van der Waals surface area contributed by atoms with E-state index in [4.69, 9.17) is 0 Å². The molecule has 0 aromatic heterocycles. The molecule has 0 spiro atoms. The fourth-order valence-electron chi connectivity index (χ4n) is 7.46. The van der Waals surface area contributed by atoms with E-state index in [2.05, 4.69) is 0 Å². The van der Waals surface area contributed by atoms with Crippen LogP contribution in [0.4, 0.5) is 8.78 Å². The number of halogens is 2. The average Bonchev–Trinajstić information content (AvgIpc) is 3.00. The van der Waals surface area contributed by atoms with E-state index in [1.807, 2.05) is 27.7 Å². The second-order valence-corrected chi connectivity index (χ2v) is 12.3. The van der Waals surface area contributed by atoms with Crippen LogP contribution in [0.15, 0.2) is 36.4 Å². The van der Waals surface area contributed by atoms with Crippen molar-refractivity contribution in [3.8, 4) is 0 Å². The first-order valence-corrected chi connectivity index (χ1v) is 15.5. The molecule has 7 rings (SSSR count). The van der Waals surface area contributed by atoms with Crippen molar-refractivity contribution >= 4 is 66.7 Å². The first-order chi connectivity index (χ1) is 21.1. The molecule has 2 aliphatic rings. The number of amides is 4. The highest BCUT2D eigenvalue weighted by Crippen LogP contribution is 2.48. The van der Waals surface area contributed by atoms with Crippen LogP contribution in [0.2, 0.25) is 0 Å². The Balaban J connectivity index is 1.54. The molecule has 5 aromatic carbocycles. The molecular formula is C36H32F2N2O4. The van der Waals surface area contributed by atoms with Crippen LogP contribution in [-0.4, -0.2) is 45.5 Å². The zero-order valence-corrected chi connectivity index (χ0v) is 25.1. The van der Waals surface area contributed by atoms with Gasteiger partial charge in [0.2, 0.25) is 0 Å². The molecule has 0 N–H and O–H groups in total. The average molecular weight is 595 g/mol. The lowest BCUT2D eigenvalue weighted by Gasteiger charge is -2.34. The molecule has 0 saturated carbocycles. The first-order valence-electron chi connectivity index (χ1n) is 15.5. The summed E-state index contributed by atoms with van der Waals surface area (Å²) in [5.41, 5.74) is 0.661. The van der Waals surface area contributed by atoms with Crippen molar-refractivity contribution in [1.82, 2.24) is 9.80 Å². The van der Waals surface area contributed by atoms with E-state index in [1.54, 1.807) is 24.3 Å². The number of carbonyl (C=O) groups is 4. The van der Waals surface area contributed by atoms with Gasteiger partial charge in [0, 0.05) is 55.5 Å². The maximum absolute atomic E-state index is 16.3. The maximum atomic E-state index is 16.3. The minimum absolute atomic E-state index is 0.0672. The van der Waals surface area contributed by atoms with E-state index in [1.165, 1.54) is 21.9 Å². The number of benzene rings is 5. The Labute approximate surface area is 252 Å². The zero-order chi connectivity index (χ0) is 31.2. The Morgan fingerprint density at radius 3 is 1.27 bits per heavy atom. The summed E-state index contributed by atoms with van der Waals surface area (Å²) in [5.74, 6) is -3.44. The van der Waals surface area contributed by atoms with Gasteiger partial charge in [-0.3, -0.25) is 29.0 Å². The highest BCUT2D eigenvalue weighted by molar-refractivity contribution is 6.41. The minimum Gasteiger partial charge on any atom is -0.272 e. The SMILES string of the molecule is CCCC[C@H](C)N1C(=O)c2ccc3c4c(F)cc5c6c(ccc(c7c(F)cc(c2c37)C1=O)c64)C(=O)N([C@@H](C)CCCC)C5=O. The molecule has 44 heavy (non-hydrogen) atoms. The molecular weight excluding hydrogens is 562 g/mol. The lowest BCUT2D eigenvalue weighted by atomic mass is 9.81. The van der Waals surface area contributed by atoms with Gasteiger partial charge < -0.3 is 0 Å². The van der Waals surface area contributed by atoms with Gasteiger partial charge in [0.25, 0.3) is 23.6 Å². The van der Waals surface area contributed by atoms with Crippen molar-refractivity contribution in [3.63, 3.8) is 0 Å². The van der Waals surface area contributed by atoms with Crippen molar-refractivity contribution in [3.05, 3.63) is 70.3 Å². The van der Waals surface area contributed by atoms with E-state index >= 15 is 8.78 Å². The summed E-state index contributed by atoms with van der Waals surface area (Å²) in [4.78, 5) is 57.4. The molecule has 0 unspecified atom stereocenters. The number of imide groups is 2. The van der Waals surface area contributed by atoms with Crippen LogP contribution in [0.5, 0.6) is 0 Å². The molecule has 0 saturated heterocycles. The third kappa shape index (κ3) is 3.63. The summed E-state index contributed by atoms with van der Waals surface area (Å²) in [5, 5.41) is 2.07. The zero-order valence-electron chi connectivity index (χ0n) is 25.1. The Morgan fingerprint density at radius 2 is 0.909 bits per heavy atom. The van der Waals surface area contributed by atoms with Crippen LogP contribution in [0.1, 0.15) is 108 Å². The van der Waals surface area contributed by atoms with E-state index in [-0.39, 0.29) is 55.9 Å². The summed E-state index contributed by atoms with van der Waals surface area (Å²) in [6, 6.07) is 7.93. The van der Waals surface area contributed by atoms with Crippen LogP contribution >= 0.6 is 0 Å². The molecule has 2 atom stereocenters. The number of unbranched alkanes of at least 4 members (excludes halogenated alkanes) is 2. The minimum atomic E-state index is -0.690. The van der Waals surface area contributed by atoms with Gasteiger partial charge in [0.1, 0.15) is 11.6 Å². The normalized spacial score (nSPS) is 16.4. The molecule has 0 fully saturated rings. The summed E-state index contributed by atoms with van der Waals surface area (Å²) in [6.45, 7) is 7.69. The highest BCUT2D eigenvalue weighted by Gasteiger charge is 2.40. The van der Waals surface area contributed by atoms with E-state index < -0.39 is 35.3 Å². The third-order valence-electron chi connectivity index (χ3n) is 9.64. The molecule has 6 nitrogen and oxygen atoms in total. The molecule has 0 bridgehead atoms. The summed E-state index contributed by atoms with van der Waals surface area (Å²) in [7, 11) is 0. The summed E-state index contributed by atoms with van der Waals surface area (Å²) >= 11 is 0. The van der Waals surface area contributed by atoms with Gasteiger partial charge in [0.15, 0.2) is 0 Å². The van der Waals surface area contributed by atoms with Gasteiger partial charge in [0.05, 0.1) is 11.1 Å². The fourth-order valence-corrected chi connectivity index (χ4v) is 7.46. The molecule has 0 radical (unpaired) electrons. The first kappa shape index (κ1) is 28.3. The Kier molecular flexibility index (Phi) is 6.46. The lowest BCUT2D eigenvalue weighted by Crippen LogP contribution is -2.46. The predicted octanol–water partition coefficient (Wildman–Crippen LogP) is 8.36. The van der Waals surface area contributed by atoms with Crippen LogP contribution < -0.4 is 0 Å². The second kappa shape index (κ2) is 10.0.